The van der Waals surface area contributed by atoms with Crippen LogP contribution in [0.4, 0.5) is 0 Å². The Hall–Kier alpha value is -1.30. The van der Waals surface area contributed by atoms with E-state index in [1.54, 1.807) is 17.5 Å². The van der Waals surface area contributed by atoms with Gasteiger partial charge in [-0.3, -0.25) is 4.98 Å². The maximum atomic E-state index is 5.54. The minimum atomic E-state index is 0.499. The van der Waals surface area contributed by atoms with Crippen molar-refractivity contribution < 1.29 is 4.74 Å². The number of ether oxygens (including phenoxy) is 1. The number of nitrogens with zero attached hydrogens (tertiary/aromatic N) is 2. The minimum absolute atomic E-state index is 0.499. The molecule has 90 valence electrons. The fourth-order valence-corrected chi connectivity index (χ4v) is 2.07. The molecule has 0 aromatic carbocycles. The van der Waals surface area contributed by atoms with Gasteiger partial charge in [0.2, 0.25) is 0 Å². The first-order valence-electron chi connectivity index (χ1n) is 5.49. The third-order valence-electron chi connectivity index (χ3n) is 2.25. The second kappa shape index (κ2) is 6.44. The zero-order valence-electron chi connectivity index (χ0n) is 9.50. The summed E-state index contributed by atoms with van der Waals surface area (Å²) in [4.78, 5) is 8.56. The SMILES string of the molecule is NCc1nc(COCCc2ccccn2)cs1. The van der Waals surface area contributed by atoms with E-state index in [9.17, 15) is 0 Å². The first kappa shape index (κ1) is 12.2. The van der Waals surface area contributed by atoms with Crippen molar-refractivity contribution >= 4 is 11.3 Å². The number of hydrogen-bond donors (Lipinski definition) is 1. The minimum Gasteiger partial charge on any atom is -0.375 e. The van der Waals surface area contributed by atoms with Crippen LogP contribution in [-0.2, 0) is 24.3 Å². The van der Waals surface area contributed by atoms with E-state index in [-0.39, 0.29) is 0 Å². The highest BCUT2D eigenvalue weighted by Crippen LogP contribution is 2.09. The number of rotatable bonds is 6. The first-order valence-corrected chi connectivity index (χ1v) is 6.37. The summed E-state index contributed by atoms with van der Waals surface area (Å²) in [6, 6.07) is 5.89. The maximum Gasteiger partial charge on any atom is 0.107 e. The van der Waals surface area contributed by atoms with Gasteiger partial charge < -0.3 is 10.5 Å². The number of nitrogens with two attached hydrogens (primary N) is 1. The Kier molecular flexibility index (Phi) is 4.61. The van der Waals surface area contributed by atoms with Gasteiger partial charge in [0.1, 0.15) is 5.01 Å². The lowest BCUT2D eigenvalue weighted by Crippen LogP contribution is -2.01. The van der Waals surface area contributed by atoms with Crippen molar-refractivity contribution in [2.24, 2.45) is 5.73 Å². The molecule has 2 rings (SSSR count). The Balaban J connectivity index is 1.69. The van der Waals surface area contributed by atoms with E-state index in [0.717, 1.165) is 22.8 Å². The van der Waals surface area contributed by atoms with Crippen LogP contribution in [-0.4, -0.2) is 16.6 Å². The van der Waals surface area contributed by atoms with Gasteiger partial charge in [-0.15, -0.1) is 11.3 Å². The number of hydrogen-bond acceptors (Lipinski definition) is 5. The maximum absolute atomic E-state index is 5.54. The predicted molar refractivity (Wildman–Crippen MR) is 67.6 cm³/mol. The van der Waals surface area contributed by atoms with Crippen LogP contribution in [0, 0.1) is 0 Å². The van der Waals surface area contributed by atoms with E-state index in [1.807, 2.05) is 23.6 Å². The van der Waals surface area contributed by atoms with Gasteiger partial charge in [-0.25, -0.2) is 4.98 Å². The van der Waals surface area contributed by atoms with Crippen LogP contribution in [0.3, 0.4) is 0 Å². The molecule has 17 heavy (non-hydrogen) atoms. The van der Waals surface area contributed by atoms with E-state index >= 15 is 0 Å². The molecule has 5 heteroatoms. The van der Waals surface area contributed by atoms with E-state index in [1.165, 1.54) is 0 Å². The van der Waals surface area contributed by atoms with Gasteiger partial charge in [0, 0.05) is 30.2 Å². The van der Waals surface area contributed by atoms with Crippen LogP contribution in [0.1, 0.15) is 16.4 Å². The number of thiazole rings is 1. The summed E-state index contributed by atoms with van der Waals surface area (Å²) in [5.74, 6) is 0. The van der Waals surface area contributed by atoms with E-state index in [4.69, 9.17) is 10.5 Å². The Morgan fingerprint density at radius 3 is 2.94 bits per heavy atom. The standard InChI is InChI=1S/C12H15N3OS/c13-7-12-15-11(9-17-12)8-16-6-4-10-3-1-2-5-14-10/h1-3,5,9H,4,6-8,13H2. The van der Waals surface area contributed by atoms with Crippen molar-refractivity contribution in [1.82, 2.24) is 9.97 Å². The average Bonchev–Trinajstić information content (AvgIpc) is 2.84. The summed E-state index contributed by atoms with van der Waals surface area (Å²) >= 11 is 1.58. The molecule has 0 atom stereocenters. The molecular weight excluding hydrogens is 234 g/mol. The number of pyridine rings is 1. The molecular formula is C12H15N3OS. The molecule has 0 radical (unpaired) electrons. The van der Waals surface area contributed by atoms with Crippen molar-refractivity contribution in [3.8, 4) is 0 Å². The lowest BCUT2D eigenvalue weighted by Gasteiger charge is -2.01. The molecule has 4 nitrogen and oxygen atoms in total. The summed E-state index contributed by atoms with van der Waals surface area (Å²) in [7, 11) is 0. The average molecular weight is 249 g/mol. The van der Waals surface area contributed by atoms with Gasteiger partial charge in [-0.1, -0.05) is 6.07 Å². The summed E-state index contributed by atoms with van der Waals surface area (Å²) in [5.41, 5.74) is 7.50. The zero-order chi connectivity index (χ0) is 11.9. The molecule has 0 saturated carbocycles. The van der Waals surface area contributed by atoms with E-state index in [0.29, 0.717) is 19.8 Å². The summed E-state index contributed by atoms with van der Waals surface area (Å²) in [5, 5.41) is 2.94. The summed E-state index contributed by atoms with van der Waals surface area (Å²) in [6.45, 7) is 1.70. The van der Waals surface area contributed by atoms with Crippen molar-refractivity contribution in [2.45, 2.75) is 19.6 Å². The van der Waals surface area contributed by atoms with Crippen molar-refractivity contribution in [1.29, 1.82) is 0 Å². The van der Waals surface area contributed by atoms with Gasteiger partial charge in [0.15, 0.2) is 0 Å². The molecule has 2 aromatic rings. The molecule has 0 spiro atoms. The summed E-state index contributed by atoms with van der Waals surface area (Å²) in [6.07, 6.45) is 2.62. The third kappa shape index (κ3) is 3.89. The second-order valence-electron chi connectivity index (χ2n) is 3.56. The lowest BCUT2D eigenvalue weighted by atomic mass is 10.3. The third-order valence-corrected chi connectivity index (χ3v) is 3.17. The highest BCUT2D eigenvalue weighted by atomic mass is 32.1. The monoisotopic (exact) mass is 249 g/mol. The van der Waals surface area contributed by atoms with E-state index in [2.05, 4.69) is 9.97 Å². The summed E-state index contributed by atoms with van der Waals surface area (Å²) < 4.78 is 5.54. The lowest BCUT2D eigenvalue weighted by molar-refractivity contribution is 0.121. The van der Waals surface area contributed by atoms with Crippen LogP contribution >= 0.6 is 11.3 Å². The smallest absolute Gasteiger partial charge is 0.107 e. The molecule has 2 N–H and O–H groups in total. The molecule has 0 fully saturated rings. The predicted octanol–water partition coefficient (Wildman–Crippen LogP) is 1.76. The normalized spacial score (nSPS) is 10.6. The fraction of sp³-hybridized carbons (Fsp3) is 0.333. The van der Waals surface area contributed by atoms with Crippen LogP contribution in [0.15, 0.2) is 29.8 Å². The molecule has 0 amide bonds. The van der Waals surface area contributed by atoms with Crippen LogP contribution < -0.4 is 5.73 Å². The molecule has 2 aromatic heterocycles. The van der Waals surface area contributed by atoms with Crippen molar-refractivity contribution in [3.63, 3.8) is 0 Å². The second-order valence-corrected chi connectivity index (χ2v) is 4.50. The van der Waals surface area contributed by atoms with Gasteiger partial charge >= 0.3 is 0 Å². The van der Waals surface area contributed by atoms with Crippen LogP contribution in [0.5, 0.6) is 0 Å². The Morgan fingerprint density at radius 2 is 2.24 bits per heavy atom. The quantitative estimate of drug-likeness (QED) is 0.792. The number of aromatic nitrogens is 2. The highest BCUT2D eigenvalue weighted by molar-refractivity contribution is 7.09. The molecule has 0 aliphatic carbocycles. The molecule has 2 heterocycles. The molecule has 0 bridgehead atoms. The van der Waals surface area contributed by atoms with Gasteiger partial charge in [0.05, 0.1) is 18.9 Å². The van der Waals surface area contributed by atoms with E-state index < -0.39 is 0 Å². The van der Waals surface area contributed by atoms with Gasteiger partial charge in [-0.2, -0.15) is 0 Å². The largest absolute Gasteiger partial charge is 0.375 e. The van der Waals surface area contributed by atoms with Gasteiger partial charge in [0.25, 0.3) is 0 Å². The first-order chi connectivity index (χ1) is 8.38. The molecule has 0 aliphatic heterocycles. The van der Waals surface area contributed by atoms with Crippen LogP contribution in [0.25, 0.3) is 0 Å². The van der Waals surface area contributed by atoms with Gasteiger partial charge in [-0.05, 0) is 12.1 Å². The molecule has 0 unspecified atom stereocenters. The topological polar surface area (TPSA) is 61.0 Å². The fourth-order valence-electron chi connectivity index (χ4n) is 1.41. The highest BCUT2D eigenvalue weighted by Gasteiger charge is 2.00. The molecule has 0 saturated heterocycles. The Bertz CT molecular complexity index is 444. The Morgan fingerprint density at radius 1 is 1.29 bits per heavy atom. The Labute approximate surface area is 104 Å². The van der Waals surface area contributed by atoms with Crippen LogP contribution in [0.2, 0.25) is 0 Å². The van der Waals surface area contributed by atoms with Crippen molar-refractivity contribution in [2.75, 3.05) is 6.61 Å². The zero-order valence-corrected chi connectivity index (χ0v) is 10.3. The molecule has 0 aliphatic rings. The van der Waals surface area contributed by atoms with Crippen molar-refractivity contribution in [3.05, 3.63) is 46.2 Å².